The molecular formula is C13H15ClO2. The summed E-state index contributed by atoms with van der Waals surface area (Å²) in [6.45, 7) is 0. The van der Waals surface area contributed by atoms with Gasteiger partial charge in [0.2, 0.25) is 0 Å². The van der Waals surface area contributed by atoms with Gasteiger partial charge in [-0.2, -0.15) is 0 Å². The smallest absolute Gasteiger partial charge is 0.138 e. The Balaban J connectivity index is 2.14. The van der Waals surface area contributed by atoms with Gasteiger partial charge in [0.15, 0.2) is 0 Å². The Hall–Kier alpha value is -0.860. The molecule has 0 radical (unpaired) electrons. The van der Waals surface area contributed by atoms with E-state index < -0.39 is 6.10 Å². The van der Waals surface area contributed by atoms with Crippen molar-refractivity contribution < 1.29 is 9.90 Å². The monoisotopic (exact) mass is 238 g/mol. The van der Waals surface area contributed by atoms with Gasteiger partial charge in [-0.1, -0.05) is 30.2 Å². The summed E-state index contributed by atoms with van der Waals surface area (Å²) in [5, 5.41) is 10.8. The van der Waals surface area contributed by atoms with Crippen LogP contribution in [-0.2, 0) is 4.79 Å². The summed E-state index contributed by atoms with van der Waals surface area (Å²) in [7, 11) is 0. The summed E-state index contributed by atoms with van der Waals surface area (Å²) in [6, 6.07) is 7.06. The van der Waals surface area contributed by atoms with Crippen LogP contribution in [0.3, 0.4) is 0 Å². The summed E-state index contributed by atoms with van der Waals surface area (Å²) in [5.41, 5.74) is 0.782. The quantitative estimate of drug-likeness (QED) is 0.860. The Bertz CT molecular complexity index is 372. The second-order valence-corrected chi connectivity index (χ2v) is 4.75. The highest BCUT2D eigenvalue weighted by Gasteiger charge is 2.29. The second-order valence-electron chi connectivity index (χ2n) is 4.31. The summed E-state index contributed by atoms with van der Waals surface area (Å²) in [4.78, 5) is 11.7. The highest BCUT2D eigenvalue weighted by molar-refractivity contribution is 6.30. The number of carbonyl (C=O) groups excluding carboxylic acids is 1. The first-order chi connectivity index (χ1) is 7.68. The molecule has 0 spiro atoms. The average molecular weight is 239 g/mol. The van der Waals surface area contributed by atoms with E-state index in [4.69, 9.17) is 11.6 Å². The number of rotatable bonds is 2. The molecule has 1 aliphatic carbocycles. The normalized spacial score (nSPS) is 23.1. The number of aliphatic hydroxyl groups is 1. The van der Waals surface area contributed by atoms with Crippen LogP contribution in [0.15, 0.2) is 24.3 Å². The van der Waals surface area contributed by atoms with Crippen LogP contribution in [0.5, 0.6) is 0 Å². The van der Waals surface area contributed by atoms with Crippen molar-refractivity contribution in [2.45, 2.75) is 31.8 Å². The minimum atomic E-state index is -0.676. The molecule has 2 rings (SSSR count). The van der Waals surface area contributed by atoms with Crippen molar-refractivity contribution in [2.24, 2.45) is 5.92 Å². The molecule has 3 heteroatoms. The minimum Gasteiger partial charge on any atom is -0.388 e. The molecule has 1 N–H and O–H groups in total. The number of halogens is 1. The largest absolute Gasteiger partial charge is 0.388 e. The molecule has 0 amide bonds. The van der Waals surface area contributed by atoms with Gasteiger partial charge in [0.25, 0.3) is 0 Å². The van der Waals surface area contributed by atoms with Crippen molar-refractivity contribution in [3.05, 3.63) is 34.9 Å². The lowest BCUT2D eigenvalue weighted by molar-refractivity contribution is -0.128. The first-order valence-electron chi connectivity index (χ1n) is 5.65. The van der Waals surface area contributed by atoms with E-state index in [9.17, 15) is 9.90 Å². The van der Waals surface area contributed by atoms with Crippen molar-refractivity contribution in [3.8, 4) is 0 Å². The van der Waals surface area contributed by atoms with Crippen LogP contribution < -0.4 is 0 Å². The zero-order chi connectivity index (χ0) is 11.5. The first-order valence-corrected chi connectivity index (χ1v) is 6.02. The van der Waals surface area contributed by atoms with Gasteiger partial charge >= 0.3 is 0 Å². The molecule has 1 saturated carbocycles. The fourth-order valence-corrected chi connectivity index (χ4v) is 2.36. The Morgan fingerprint density at radius 1 is 1.25 bits per heavy atom. The SMILES string of the molecule is O=C1CCCC[C@@H]1C(O)c1ccc(Cl)cc1. The Morgan fingerprint density at radius 2 is 1.94 bits per heavy atom. The van der Waals surface area contributed by atoms with E-state index in [1.54, 1.807) is 24.3 Å². The molecule has 2 atom stereocenters. The summed E-state index contributed by atoms with van der Waals surface area (Å²) in [6.07, 6.45) is 2.71. The van der Waals surface area contributed by atoms with E-state index in [2.05, 4.69) is 0 Å². The van der Waals surface area contributed by atoms with Crippen molar-refractivity contribution in [1.82, 2.24) is 0 Å². The lowest BCUT2D eigenvalue weighted by Gasteiger charge is -2.25. The number of ketones is 1. The van der Waals surface area contributed by atoms with Crippen LogP contribution in [0.1, 0.15) is 37.4 Å². The molecule has 0 bridgehead atoms. The van der Waals surface area contributed by atoms with Crippen molar-refractivity contribution in [1.29, 1.82) is 0 Å². The molecule has 1 aromatic carbocycles. The summed E-state index contributed by atoms with van der Waals surface area (Å²) < 4.78 is 0. The van der Waals surface area contributed by atoms with E-state index >= 15 is 0 Å². The second kappa shape index (κ2) is 4.98. The maximum Gasteiger partial charge on any atom is 0.138 e. The molecule has 0 aliphatic heterocycles. The minimum absolute atomic E-state index is 0.189. The summed E-state index contributed by atoms with van der Waals surface area (Å²) >= 11 is 5.78. The molecule has 0 aromatic heterocycles. The number of hydrogen-bond acceptors (Lipinski definition) is 2. The standard InChI is InChI=1S/C13H15ClO2/c14-10-7-5-9(6-8-10)13(16)11-3-1-2-4-12(11)15/h5-8,11,13,16H,1-4H2/t11-,13?/m0/s1. The number of hydrogen-bond donors (Lipinski definition) is 1. The van der Waals surface area contributed by atoms with Gasteiger partial charge < -0.3 is 5.11 Å². The topological polar surface area (TPSA) is 37.3 Å². The molecule has 16 heavy (non-hydrogen) atoms. The number of aliphatic hydroxyl groups excluding tert-OH is 1. The third-order valence-corrected chi connectivity index (χ3v) is 3.45. The predicted octanol–water partition coefficient (Wildman–Crippen LogP) is 3.13. The molecule has 86 valence electrons. The molecule has 1 fully saturated rings. The van der Waals surface area contributed by atoms with Crippen molar-refractivity contribution in [3.63, 3.8) is 0 Å². The number of benzene rings is 1. The van der Waals surface area contributed by atoms with Gasteiger partial charge in [-0.05, 0) is 30.5 Å². The fraction of sp³-hybridized carbons (Fsp3) is 0.462. The maximum absolute atomic E-state index is 11.7. The van der Waals surface area contributed by atoms with Crippen LogP contribution in [0.2, 0.25) is 5.02 Å². The van der Waals surface area contributed by atoms with Gasteiger partial charge in [-0.25, -0.2) is 0 Å². The van der Waals surface area contributed by atoms with Crippen molar-refractivity contribution in [2.75, 3.05) is 0 Å². The van der Waals surface area contributed by atoms with E-state index in [1.165, 1.54) is 0 Å². The van der Waals surface area contributed by atoms with Gasteiger partial charge in [-0.15, -0.1) is 0 Å². The first kappa shape index (κ1) is 11.6. The number of carbonyl (C=O) groups is 1. The van der Waals surface area contributed by atoms with Crippen LogP contribution >= 0.6 is 11.6 Å². The van der Waals surface area contributed by atoms with E-state index in [1.807, 2.05) is 0 Å². The fourth-order valence-electron chi connectivity index (χ4n) is 2.24. The molecule has 2 nitrogen and oxygen atoms in total. The predicted molar refractivity (Wildman–Crippen MR) is 63.4 cm³/mol. The average Bonchev–Trinajstić information content (AvgIpc) is 2.30. The molecule has 1 aromatic rings. The van der Waals surface area contributed by atoms with Crippen LogP contribution in [0, 0.1) is 5.92 Å². The summed E-state index contributed by atoms with van der Waals surface area (Å²) in [5.74, 6) is -0.0383. The lowest BCUT2D eigenvalue weighted by atomic mass is 9.82. The molecule has 1 unspecified atom stereocenters. The zero-order valence-electron chi connectivity index (χ0n) is 9.03. The van der Waals surface area contributed by atoms with Gasteiger partial charge in [0.05, 0.1) is 6.10 Å². The maximum atomic E-state index is 11.7. The Morgan fingerprint density at radius 3 is 2.56 bits per heavy atom. The van der Waals surface area contributed by atoms with Gasteiger partial charge in [-0.3, -0.25) is 4.79 Å². The Kier molecular flexibility index (Phi) is 3.62. The third-order valence-electron chi connectivity index (χ3n) is 3.19. The molecular weight excluding hydrogens is 224 g/mol. The van der Waals surface area contributed by atoms with Crippen LogP contribution in [-0.4, -0.2) is 10.9 Å². The van der Waals surface area contributed by atoms with Gasteiger partial charge in [0, 0.05) is 17.4 Å². The van der Waals surface area contributed by atoms with Crippen LogP contribution in [0.4, 0.5) is 0 Å². The van der Waals surface area contributed by atoms with E-state index in [0.29, 0.717) is 11.4 Å². The van der Waals surface area contributed by atoms with Crippen LogP contribution in [0.25, 0.3) is 0 Å². The number of Topliss-reactive ketones (excluding diaryl/α,β-unsaturated/α-hetero) is 1. The third kappa shape index (κ3) is 2.45. The molecule has 0 heterocycles. The lowest BCUT2D eigenvalue weighted by Crippen LogP contribution is -2.25. The van der Waals surface area contributed by atoms with Gasteiger partial charge in [0.1, 0.15) is 5.78 Å². The zero-order valence-corrected chi connectivity index (χ0v) is 9.78. The highest BCUT2D eigenvalue weighted by Crippen LogP contribution is 2.32. The molecule has 1 aliphatic rings. The van der Waals surface area contributed by atoms with Crippen molar-refractivity contribution >= 4 is 17.4 Å². The van der Waals surface area contributed by atoms with E-state index in [-0.39, 0.29) is 11.7 Å². The Labute approximate surface area is 100 Å². The molecule has 0 saturated heterocycles. The highest BCUT2D eigenvalue weighted by atomic mass is 35.5. The van der Waals surface area contributed by atoms with E-state index in [0.717, 1.165) is 24.8 Å².